The third-order valence-electron chi connectivity index (χ3n) is 4.72. The van der Waals surface area contributed by atoms with Crippen molar-refractivity contribution < 1.29 is 14.3 Å². The molecule has 2 heterocycles. The summed E-state index contributed by atoms with van der Waals surface area (Å²) >= 11 is 0. The van der Waals surface area contributed by atoms with E-state index in [9.17, 15) is 9.59 Å². The van der Waals surface area contributed by atoms with Gasteiger partial charge < -0.3 is 19.9 Å². The molecule has 2 saturated heterocycles. The summed E-state index contributed by atoms with van der Waals surface area (Å²) < 4.78 is 5.56. The standard InChI is InChI=1S/C14H23N3O3.ClH/c1-20-14(4-6-15-7-5-14)13(19)16-8-9-17(11-2-3-11)12(18)10-16;/h11,15H,2-10H2,1H3;1H. The number of nitrogens with one attached hydrogen (secondary N) is 1. The van der Waals surface area contributed by atoms with Gasteiger partial charge in [-0.3, -0.25) is 9.59 Å². The van der Waals surface area contributed by atoms with Crippen LogP contribution in [0.4, 0.5) is 0 Å². The van der Waals surface area contributed by atoms with Crippen LogP contribution < -0.4 is 5.32 Å². The van der Waals surface area contributed by atoms with Crippen LogP contribution in [0.2, 0.25) is 0 Å². The molecule has 0 atom stereocenters. The average Bonchev–Trinajstić information content (AvgIpc) is 3.31. The fourth-order valence-electron chi connectivity index (χ4n) is 3.26. The molecule has 0 spiro atoms. The Balaban J connectivity index is 0.00000161. The first-order valence-electron chi connectivity index (χ1n) is 7.51. The highest BCUT2D eigenvalue weighted by molar-refractivity contribution is 5.91. The van der Waals surface area contributed by atoms with E-state index in [2.05, 4.69) is 5.32 Å². The van der Waals surface area contributed by atoms with Crippen LogP contribution in [-0.4, -0.2) is 73.1 Å². The molecule has 0 unspecified atom stereocenters. The summed E-state index contributed by atoms with van der Waals surface area (Å²) in [5, 5.41) is 3.24. The minimum Gasteiger partial charge on any atom is -0.368 e. The number of hydrogen-bond acceptors (Lipinski definition) is 4. The highest BCUT2D eigenvalue weighted by Crippen LogP contribution is 2.30. The number of piperazine rings is 1. The van der Waals surface area contributed by atoms with Gasteiger partial charge in [0.15, 0.2) is 0 Å². The summed E-state index contributed by atoms with van der Waals surface area (Å²) in [5.41, 5.74) is -0.729. The highest BCUT2D eigenvalue weighted by atomic mass is 35.5. The Bertz CT molecular complexity index is 408. The summed E-state index contributed by atoms with van der Waals surface area (Å²) in [5.74, 6) is 0.0811. The second kappa shape index (κ2) is 6.50. The van der Waals surface area contributed by atoms with Crippen LogP contribution >= 0.6 is 12.4 Å². The molecule has 6 nitrogen and oxygen atoms in total. The zero-order chi connectivity index (χ0) is 14.2. The third kappa shape index (κ3) is 3.17. The molecule has 2 aliphatic heterocycles. The van der Waals surface area contributed by atoms with E-state index < -0.39 is 5.60 Å². The Kier molecular flexibility index (Phi) is 5.11. The molecular weight excluding hydrogens is 294 g/mol. The first kappa shape index (κ1) is 16.5. The molecule has 1 N–H and O–H groups in total. The molecule has 0 radical (unpaired) electrons. The number of methoxy groups -OCH3 is 1. The van der Waals surface area contributed by atoms with Gasteiger partial charge in [-0.25, -0.2) is 0 Å². The van der Waals surface area contributed by atoms with Gasteiger partial charge in [0.05, 0.1) is 6.54 Å². The van der Waals surface area contributed by atoms with Crippen molar-refractivity contribution in [2.24, 2.45) is 0 Å². The zero-order valence-corrected chi connectivity index (χ0v) is 13.3. The van der Waals surface area contributed by atoms with Crippen molar-refractivity contribution >= 4 is 24.2 Å². The summed E-state index contributed by atoms with van der Waals surface area (Å²) in [7, 11) is 1.60. The minimum atomic E-state index is -0.729. The lowest BCUT2D eigenvalue weighted by Crippen LogP contribution is -2.60. The number of carbonyl (C=O) groups is 2. The summed E-state index contributed by atoms with van der Waals surface area (Å²) in [6.45, 7) is 3.10. The van der Waals surface area contributed by atoms with E-state index in [0.717, 1.165) is 25.9 Å². The summed E-state index contributed by atoms with van der Waals surface area (Å²) in [4.78, 5) is 28.5. The van der Waals surface area contributed by atoms with Crippen molar-refractivity contribution in [3.8, 4) is 0 Å². The van der Waals surface area contributed by atoms with Crippen LogP contribution in [0.3, 0.4) is 0 Å². The third-order valence-corrected chi connectivity index (χ3v) is 4.72. The molecule has 3 aliphatic rings. The minimum absolute atomic E-state index is 0. The van der Waals surface area contributed by atoms with E-state index in [1.165, 1.54) is 0 Å². The van der Waals surface area contributed by atoms with Crippen molar-refractivity contribution in [3.63, 3.8) is 0 Å². The van der Waals surface area contributed by atoms with E-state index in [1.54, 1.807) is 12.0 Å². The number of nitrogens with zero attached hydrogens (tertiary/aromatic N) is 2. The number of rotatable bonds is 3. The maximum Gasteiger partial charge on any atom is 0.255 e. The zero-order valence-electron chi connectivity index (χ0n) is 12.5. The van der Waals surface area contributed by atoms with Crippen LogP contribution in [0.5, 0.6) is 0 Å². The largest absolute Gasteiger partial charge is 0.368 e. The predicted molar refractivity (Wildman–Crippen MR) is 80.4 cm³/mol. The maximum atomic E-state index is 12.7. The lowest BCUT2D eigenvalue weighted by atomic mass is 9.90. The van der Waals surface area contributed by atoms with Gasteiger partial charge in [-0.2, -0.15) is 0 Å². The van der Waals surface area contributed by atoms with Crippen molar-refractivity contribution in [3.05, 3.63) is 0 Å². The van der Waals surface area contributed by atoms with E-state index >= 15 is 0 Å². The van der Waals surface area contributed by atoms with Gasteiger partial charge in [0.25, 0.3) is 5.91 Å². The van der Waals surface area contributed by atoms with Crippen LogP contribution in [0, 0.1) is 0 Å². The molecule has 120 valence electrons. The van der Waals surface area contributed by atoms with Crippen LogP contribution in [0.1, 0.15) is 25.7 Å². The quantitative estimate of drug-likeness (QED) is 0.796. The van der Waals surface area contributed by atoms with Crippen molar-refractivity contribution in [1.29, 1.82) is 0 Å². The van der Waals surface area contributed by atoms with E-state index in [-0.39, 0.29) is 30.8 Å². The fourth-order valence-corrected chi connectivity index (χ4v) is 3.26. The summed E-state index contributed by atoms with van der Waals surface area (Å²) in [6, 6.07) is 0.440. The van der Waals surface area contributed by atoms with Gasteiger partial charge in [-0.15, -0.1) is 12.4 Å². The molecule has 21 heavy (non-hydrogen) atoms. The van der Waals surface area contributed by atoms with E-state index in [1.807, 2.05) is 4.90 Å². The molecule has 3 rings (SSSR count). The van der Waals surface area contributed by atoms with Crippen molar-refractivity contribution in [1.82, 2.24) is 15.1 Å². The number of hydrogen-bond donors (Lipinski definition) is 1. The first-order chi connectivity index (χ1) is 9.66. The van der Waals surface area contributed by atoms with E-state index in [4.69, 9.17) is 4.74 Å². The number of ether oxygens (including phenoxy) is 1. The van der Waals surface area contributed by atoms with Crippen molar-refractivity contribution in [2.75, 3.05) is 39.8 Å². The maximum absolute atomic E-state index is 12.7. The summed E-state index contributed by atoms with van der Waals surface area (Å²) in [6.07, 6.45) is 3.60. The topological polar surface area (TPSA) is 61.9 Å². The van der Waals surface area contributed by atoms with Crippen LogP contribution in [0.15, 0.2) is 0 Å². The monoisotopic (exact) mass is 317 g/mol. The molecule has 2 amide bonds. The average molecular weight is 318 g/mol. The molecular formula is C14H24ClN3O3. The highest BCUT2D eigenvalue weighted by Gasteiger charge is 2.45. The lowest BCUT2D eigenvalue weighted by molar-refractivity contribution is -0.164. The van der Waals surface area contributed by atoms with Crippen LogP contribution in [-0.2, 0) is 14.3 Å². The second-order valence-electron chi connectivity index (χ2n) is 5.99. The predicted octanol–water partition coefficient (Wildman–Crippen LogP) is 0.0100. The Labute approximate surface area is 131 Å². The smallest absolute Gasteiger partial charge is 0.255 e. The van der Waals surface area contributed by atoms with Gasteiger partial charge in [-0.05, 0) is 38.8 Å². The van der Waals surface area contributed by atoms with E-state index in [0.29, 0.717) is 32.0 Å². The molecule has 0 aromatic carbocycles. The molecule has 0 aromatic rings. The molecule has 3 fully saturated rings. The Morgan fingerprint density at radius 2 is 1.95 bits per heavy atom. The second-order valence-corrected chi connectivity index (χ2v) is 5.99. The molecule has 7 heteroatoms. The van der Waals surface area contributed by atoms with Gasteiger partial charge in [0.1, 0.15) is 5.60 Å². The Morgan fingerprint density at radius 3 is 2.48 bits per heavy atom. The number of piperidine rings is 1. The molecule has 0 aromatic heterocycles. The molecule has 0 bridgehead atoms. The Morgan fingerprint density at radius 1 is 1.29 bits per heavy atom. The van der Waals surface area contributed by atoms with Gasteiger partial charge in [0, 0.05) is 26.2 Å². The first-order valence-corrected chi connectivity index (χ1v) is 7.51. The van der Waals surface area contributed by atoms with Gasteiger partial charge >= 0.3 is 0 Å². The SMILES string of the molecule is COC1(C(=O)N2CCN(C3CC3)C(=O)C2)CCNCC1.Cl. The Hall–Kier alpha value is -0.850. The number of carbonyl (C=O) groups excluding carboxylic acids is 2. The van der Waals surface area contributed by atoms with Gasteiger partial charge in [-0.1, -0.05) is 0 Å². The number of amides is 2. The van der Waals surface area contributed by atoms with Gasteiger partial charge in [0.2, 0.25) is 5.91 Å². The normalized spacial score (nSPS) is 25.5. The molecule has 1 saturated carbocycles. The van der Waals surface area contributed by atoms with Crippen LogP contribution in [0.25, 0.3) is 0 Å². The number of halogens is 1. The molecule has 1 aliphatic carbocycles. The van der Waals surface area contributed by atoms with Crippen molar-refractivity contribution in [2.45, 2.75) is 37.3 Å². The fraction of sp³-hybridized carbons (Fsp3) is 0.857. The lowest BCUT2D eigenvalue weighted by Gasteiger charge is -2.41.